The van der Waals surface area contributed by atoms with Gasteiger partial charge in [0.1, 0.15) is 0 Å². The summed E-state index contributed by atoms with van der Waals surface area (Å²) in [5.74, 6) is -3.82. The minimum Gasteiger partial charge on any atom is -0.240 e. The van der Waals surface area contributed by atoms with Crippen LogP contribution in [0.2, 0.25) is 0 Å². The van der Waals surface area contributed by atoms with E-state index in [0.717, 1.165) is 19.3 Å². The van der Waals surface area contributed by atoms with Gasteiger partial charge in [-0.15, -0.1) is 0 Å². The summed E-state index contributed by atoms with van der Waals surface area (Å²) in [6.45, 7) is 2.96. The summed E-state index contributed by atoms with van der Waals surface area (Å²) in [7, 11) is 0. The van der Waals surface area contributed by atoms with Crippen molar-refractivity contribution in [2.45, 2.75) is 44.2 Å². The summed E-state index contributed by atoms with van der Waals surface area (Å²) in [5.41, 5.74) is 0. The van der Waals surface area contributed by atoms with E-state index in [4.69, 9.17) is 0 Å². The Labute approximate surface area is 76.8 Å². The van der Waals surface area contributed by atoms with Gasteiger partial charge in [0, 0.05) is 0 Å². The Bertz CT molecular complexity index is 171. The van der Waals surface area contributed by atoms with E-state index in [0.29, 0.717) is 18.9 Å². The predicted molar refractivity (Wildman–Crippen MR) is 46.6 cm³/mol. The van der Waals surface area contributed by atoms with Crippen molar-refractivity contribution in [1.82, 2.24) is 0 Å². The van der Waals surface area contributed by atoms with Crippen LogP contribution in [0.3, 0.4) is 0 Å². The Morgan fingerprint density at radius 3 is 2.23 bits per heavy atom. The summed E-state index contributed by atoms with van der Waals surface area (Å²) in [4.78, 5) is 0. The highest BCUT2D eigenvalue weighted by atomic mass is 19.3. The average Bonchev–Trinajstić information content (AvgIpc) is 2.18. The van der Waals surface area contributed by atoms with Crippen LogP contribution in [-0.2, 0) is 0 Å². The summed E-state index contributed by atoms with van der Waals surface area (Å²) in [5, 5.41) is 0. The molecule has 0 heterocycles. The second kappa shape index (κ2) is 4.16. The first kappa shape index (κ1) is 10.6. The van der Waals surface area contributed by atoms with Crippen LogP contribution in [0.4, 0.5) is 13.2 Å². The van der Waals surface area contributed by atoms with Crippen molar-refractivity contribution in [1.29, 1.82) is 0 Å². The van der Waals surface area contributed by atoms with Crippen LogP contribution in [0.5, 0.6) is 0 Å². The Morgan fingerprint density at radius 2 is 1.77 bits per heavy atom. The fraction of sp³-hybridized carbons (Fsp3) is 0.800. The van der Waals surface area contributed by atoms with Crippen molar-refractivity contribution in [3.05, 3.63) is 12.7 Å². The highest BCUT2D eigenvalue weighted by Crippen LogP contribution is 2.36. The average molecular weight is 192 g/mol. The number of allylic oxidation sites excluding steroid dienone is 1. The van der Waals surface area contributed by atoms with Gasteiger partial charge in [-0.2, -0.15) is 8.78 Å². The molecule has 0 spiro atoms. The van der Waals surface area contributed by atoms with Crippen molar-refractivity contribution in [2.75, 3.05) is 0 Å². The lowest BCUT2D eigenvalue weighted by Crippen LogP contribution is -2.35. The van der Waals surface area contributed by atoms with Gasteiger partial charge in [0.25, 0.3) is 5.92 Å². The lowest BCUT2D eigenvalue weighted by atomic mass is 9.84. The van der Waals surface area contributed by atoms with E-state index < -0.39 is 18.0 Å². The van der Waals surface area contributed by atoms with Gasteiger partial charge in [0.15, 0.2) is 6.17 Å². The second-order valence-electron chi connectivity index (χ2n) is 3.68. The molecule has 1 aliphatic rings. The number of alkyl halides is 3. The zero-order valence-electron chi connectivity index (χ0n) is 7.61. The summed E-state index contributed by atoms with van der Waals surface area (Å²) in [6, 6.07) is 0. The first-order valence-corrected chi connectivity index (χ1v) is 4.73. The number of halogens is 3. The second-order valence-corrected chi connectivity index (χ2v) is 3.68. The molecule has 0 aliphatic heterocycles. The van der Waals surface area contributed by atoms with Gasteiger partial charge in [-0.05, 0) is 24.8 Å². The van der Waals surface area contributed by atoms with Crippen molar-refractivity contribution in [2.24, 2.45) is 5.92 Å². The van der Waals surface area contributed by atoms with E-state index >= 15 is 0 Å². The standard InChI is InChI=1S/C10H15F3/c1-2-10(12,13)9(11)8-6-4-3-5-7-8/h2,8-9H,1,3-7H2. The lowest BCUT2D eigenvalue weighted by molar-refractivity contribution is -0.0595. The molecule has 1 rings (SSSR count). The molecular weight excluding hydrogens is 177 g/mol. The minimum absolute atomic E-state index is 0.423. The predicted octanol–water partition coefficient (Wildman–Crippen LogP) is 3.73. The van der Waals surface area contributed by atoms with Gasteiger partial charge in [-0.25, -0.2) is 4.39 Å². The molecular formula is C10H15F3. The SMILES string of the molecule is C=CC(F)(F)C(F)C1CCCCC1. The fourth-order valence-corrected chi connectivity index (χ4v) is 1.85. The van der Waals surface area contributed by atoms with E-state index in [1.165, 1.54) is 0 Å². The van der Waals surface area contributed by atoms with E-state index in [1.807, 2.05) is 0 Å². The zero-order valence-corrected chi connectivity index (χ0v) is 7.61. The first-order chi connectivity index (χ1) is 6.08. The van der Waals surface area contributed by atoms with E-state index in [2.05, 4.69) is 6.58 Å². The normalized spacial score (nSPS) is 22.7. The van der Waals surface area contributed by atoms with Crippen molar-refractivity contribution >= 4 is 0 Å². The third kappa shape index (κ3) is 2.48. The molecule has 13 heavy (non-hydrogen) atoms. The smallest absolute Gasteiger partial charge is 0.240 e. The Hall–Kier alpha value is -0.470. The topological polar surface area (TPSA) is 0 Å². The molecule has 0 bridgehead atoms. The molecule has 1 unspecified atom stereocenters. The summed E-state index contributed by atoms with van der Waals surface area (Å²) < 4.78 is 38.9. The molecule has 0 saturated heterocycles. The number of hydrogen-bond donors (Lipinski definition) is 0. The molecule has 3 heteroatoms. The number of hydrogen-bond acceptors (Lipinski definition) is 0. The van der Waals surface area contributed by atoms with Gasteiger partial charge in [0.2, 0.25) is 0 Å². The molecule has 1 atom stereocenters. The highest BCUT2D eigenvalue weighted by Gasteiger charge is 2.42. The molecule has 1 fully saturated rings. The van der Waals surface area contributed by atoms with Gasteiger partial charge in [-0.1, -0.05) is 25.8 Å². The maximum Gasteiger partial charge on any atom is 0.297 e. The molecule has 1 saturated carbocycles. The summed E-state index contributed by atoms with van der Waals surface area (Å²) >= 11 is 0. The molecule has 0 aromatic carbocycles. The molecule has 0 aromatic heterocycles. The maximum atomic E-state index is 13.2. The quantitative estimate of drug-likeness (QED) is 0.598. The van der Waals surface area contributed by atoms with Crippen LogP contribution in [0.1, 0.15) is 32.1 Å². The van der Waals surface area contributed by atoms with Gasteiger partial charge in [0.05, 0.1) is 0 Å². The Morgan fingerprint density at radius 1 is 1.23 bits per heavy atom. The van der Waals surface area contributed by atoms with Crippen LogP contribution in [-0.4, -0.2) is 12.1 Å². The largest absolute Gasteiger partial charge is 0.297 e. The molecule has 0 aromatic rings. The van der Waals surface area contributed by atoms with Gasteiger partial charge in [-0.3, -0.25) is 0 Å². The van der Waals surface area contributed by atoms with Crippen LogP contribution >= 0.6 is 0 Å². The van der Waals surface area contributed by atoms with Crippen LogP contribution in [0, 0.1) is 5.92 Å². The zero-order chi connectivity index (χ0) is 9.90. The van der Waals surface area contributed by atoms with Crippen LogP contribution < -0.4 is 0 Å². The Balaban J connectivity index is 2.54. The van der Waals surface area contributed by atoms with Gasteiger partial charge >= 0.3 is 0 Å². The van der Waals surface area contributed by atoms with Crippen molar-refractivity contribution in [3.63, 3.8) is 0 Å². The van der Waals surface area contributed by atoms with Crippen LogP contribution in [0.15, 0.2) is 12.7 Å². The maximum absolute atomic E-state index is 13.2. The molecule has 0 amide bonds. The van der Waals surface area contributed by atoms with E-state index in [9.17, 15) is 13.2 Å². The van der Waals surface area contributed by atoms with E-state index in [-0.39, 0.29) is 0 Å². The molecule has 0 radical (unpaired) electrons. The first-order valence-electron chi connectivity index (χ1n) is 4.73. The highest BCUT2D eigenvalue weighted by molar-refractivity contribution is 4.96. The summed E-state index contributed by atoms with van der Waals surface area (Å²) in [6.07, 6.45) is 2.35. The van der Waals surface area contributed by atoms with E-state index in [1.54, 1.807) is 0 Å². The van der Waals surface area contributed by atoms with Crippen LogP contribution in [0.25, 0.3) is 0 Å². The number of rotatable bonds is 3. The molecule has 76 valence electrons. The monoisotopic (exact) mass is 192 g/mol. The van der Waals surface area contributed by atoms with Crippen molar-refractivity contribution < 1.29 is 13.2 Å². The minimum atomic E-state index is -3.35. The Kier molecular flexibility index (Phi) is 3.40. The molecule has 0 N–H and O–H groups in total. The molecule has 1 aliphatic carbocycles. The molecule has 0 nitrogen and oxygen atoms in total. The lowest BCUT2D eigenvalue weighted by Gasteiger charge is -2.28. The third-order valence-corrected chi connectivity index (χ3v) is 2.70. The fourth-order valence-electron chi connectivity index (χ4n) is 1.85. The van der Waals surface area contributed by atoms with Gasteiger partial charge < -0.3 is 0 Å². The third-order valence-electron chi connectivity index (χ3n) is 2.70. The van der Waals surface area contributed by atoms with Crippen molar-refractivity contribution in [3.8, 4) is 0 Å².